The van der Waals surface area contributed by atoms with Gasteiger partial charge in [-0.25, -0.2) is 0 Å². The molecular formula is C10H17BrN2O. The molecule has 0 radical (unpaired) electrons. The van der Waals surface area contributed by atoms with E-state index in [2.05, 4.69) is 34.9 Å². The maximum atomic E-state index is 11.6. The number of hydrogen-bond acceptors (Lipinski definition) is 1. The number of hydrogen-bond donors (Lipinski definition) is 1. The molecule has 0 amide bonds. The minimum atomic E-state index is 0.0579. The second-order valence-corrected chi connectivity index (χ2v) is 4.69. The molecule has 1 N–H and O–H groups in total. The highest BCUT2D eigenvalue weighted by Gasteiger charge is 2.09. The summed E-state index contributed by atoms with van der Waals surface area (Å²) in [6, 6.07) is 0. The summed E-state index contributed by atoms with van der Waals surface area (Å²) in [5, 5.41) is 3.11. The van der Waals surface area contributed by atoms with Crippen LogP contribution in [0.3, 0.4) is 0 Å². The van der Waals surface area contributed by atoms with Crippen molar-refractivity contribution >= 4 is 15.9 Å². The highest BCUT2D eigenvalue weighted by Crippen LogP contribution is 2.10. The quantitative estimate of drug-likeness (QED) is 0.888. The van der Waals surface area contributed by atoms with Crippen molar-refractivity contribution < 1.29 is 0 Å². The van der Waals surface area contributed by atoms with Crippen molar-refractivity contribution in [3.8, 4) is 0 Å². The molecular weight excluding hydrogens is 244 g/mol. The van der Waals surface area contributed by atoms with E-state index < -0.39 is 0 Å². The minimum absolute atomic E-state index is 0.0579. The lowest BCUT2D eigenvalue weighted by Gasteiger charge is -2.04. The average Bonchev–Trinajstić information content (AvgIpc) is 2.41. The number of H-pyrrole nitrogens is 1. The standard InChI is InChI=1S/C10H17BrN2O/c1-4-8-9(11)10(14)13(12-8)6-5-7(2)3/h7,12H,4-6H2,1-3H3. The molecule has 3 nitrogen and oxygen atoms in total. The summed E-state index contributed by atoms with van der Waals surface area (Å²) in [4.78, 5) is 11.6. The van der Waals surface area contributed by atoms with Crippen molar-refractivity contribution in [3.63, 3.8) is 0 Å². The van der Waals surface area contributed by atoms with Gasteiger partial charge in [-0.2, -0.15) is 0 Å². The number of rotatable bonds is 4. The highest BCUT2D eigenvalue weighted by molar-refractivity contribution is 9.10. The van der Waals surface area contributed by atoms with E-state index >= 15 is 0 Å². The van der Waals surface area contributed by atoms with Gasteiger partial charge in [0, 0.05) is 6.54 Å². The van der Waals surface area contributed by atoms with Gasteiger partial charge in [-0.1, -0.05) is 20.8 Å². The molecule has 0 spiro atoms. The van der Waals surface area contributed by atoms with E-state index in [9.17, 15) is 4.79 Å². The topological polar surface area (TPSA) is 37.8 Å². The lowest BCUT2D eigenvalue weighted by molar-refractivity contribution is 0.476. The number of halogens is 1. The molecule has 0 saturated carbocycles. The zero-order valence-electron chi connectivity index (χ0n) is 8.93. The molecule has 0 unspecified atom stereocenters. The van der Waals surface area contributed by atoms with Crippen LogP contribution in [0, 0.1) is 5.92 Å². The van der Waals surface area contributed by atoms with Gasteiger partial charge in [0.1, 0.15) is 4.47 Å². The molecule has 0 aliphatic heterocycles. The molecule has 0 aromatic carbocycles. The fourth-order valence-electron chi connectivity index (χ4n) is 1.29. The van der Waals surface area contributed by atoms with Gasteiger partial charge in [0.2, 0.25) is 0 Å². The molecule has 4 heteroatoms. The number of nitrogens with one attached hydrogen (secondary N) is 1. The third kappa shape index (κ3) is 2.50. The first kappa shape index (κ1) is 11.6. The fraction of sp³-hybridized carbons (Fsp3) is 0.700. The van der Waals surface area contributed by atoms with E-state index in [1.807, 2.05) is 6.92 Å². The van der Waals surface area contributed by atoms with E-state index in [0.717, 1.165) is 25.1 Å². The van der Waals surface area contributed by atoms with Crippen LogP contribution in [0.4, 0.5) is 0 Å². The Kier molecular flexibility index (Phi) is 3.98. The summed E-state index contributed by atoms with van der Waals surface area (Å²) in [5.74, 6) is 0.619. The van der Waals surface area contributed by atoms with Crippen molar-refractivity contribution in [2.24, 2.45) is 5.92 Å². The van der Waals surface area contributed by atoms with Gasteiger partial charge in [0.15, 0.2) is 0 Å². The monoisotopic (exact) mass is 260 g/mol. The van der Waals surface area contributed by atoms with Crippen LogP contribution in [0.25, 0.3) is 0 Å². The Bertz CT molecular complexity index is 351. The number of aryl methyl sites for hydroxylation is 2. The molecule has 0 atom stereocenters. The van der Waals surface area contributed by atoms with Gasteiger partial charge in [-0.15, -0.1) is 0 Å². The van der Waals surface area contributed by atoms with E-state index in [0.29, 0.717) is 10.4 Å². The molecule has 0 bridgehead atoms. The first-order valence-corrected chi connectivity index (χ1v) is 5.82. The number of aromatic amines is 1. The zero-order valence-corrected chi connectivity index (χ0v) is 10.5. The van der Waals surface area contributed by atoms with Gasteiger partial charge in [-0.3, -0.25) is 14.6 Å². The Hall–Kier alpha value is -0.510. The molecule has 1 aromatic rings. The van der Waals surface area contributed by atoms with Crippen molar-refractivity contribution in [1.29, 1.82) is 0 Å². The van der Waals surface area contributed by atoms with Crippen molar-refractivity contribution in [1.82, 2.24) is 9.78 Å². The summed E-state index contributed by atoms with van der Waals surface area (Å²) in [6.07, 6.45) is 1.88. The van der Waals surface area contributed by atoms with Crippen LogP contribution in [-0.4, -0.2) is 9.78 Å². The summed E-state index contributed by atoms with van der Waals surface area (Å²) in [6.45, 7) is 7.12. The fourth-order valence-corrected chi connectivity index (χ4v) is 1.87. The Morgan fingerprint density at radius 2 is 2.14 bits per heavy atom. The molecule has 1 aromatic heterocycles. The highest BCUT2D eigenvalue weighted by atomic mass is 79.9. The third-order valence-electron chi connectivity index (χ3n) is 2.25. The molecule has 1 rings (SSSR count). The number of nitrogens with zero attached hydrogens (tertiary/aromatic N) is 1. The lowest BCUT2D eigenvalue weighted by atomic mass is 10.1. The Balaban J connectivity index is 2.83. The minimum Gasteiger partial charge on any atom is -0.299 e. The largest absolute Gasteiger partial charge is 0.299 e. The third-order valence-corrected chi connectivity index (χ3v) is 3.07. The van der Waals surface area contributed by atoms with Crippen LogP contribution in [0.2, 0.25) is 0 Å². The van der Waals surface area contributed by atoms with Crippen LogP contribution in [0.15, 0.2) is 9.27 Å². The molecule has 0 saturated heterocycles. The maximum Gasteiger partial charge on any atom is 0.281 e. The Labute approximate surface area is 92.6 Å². The first-order valence-electron chi connectivity index (χ1n) is 5.03. The van der Waals surface area contributed by atoms with Crippen LogP contribution in [0.1, 0.15) is 32.9 Å². The van der Waals surface area contributed by atoms with Crippen LogP contribution in [-0.2, 0) is 13.0 Å². The molecule has 0 fully saturated rings. The SMILES string of the molecule is CCc1[nH]n(CCC(C)C)c(=O)c1Br. The molecule has 14 heavy (non-hydrogen) atoms. The molecule has 0 aliphatic rings. The average molecular weight is 261 g/mol. The second-order valence-electron chi connectivity index (χ2n) is 3.90. The molecule has 80 valence electrons. The predicted octanol–water partition coefficient (Wildman–Crippen LogP) is 2.55. The maximum absolute atomic E-state index is 11.6. The molecule has 1 heterocycles. The summed E-state index contributed by atoms with van der Waals surface area (Å²) >= 11 is 3.30. The summed E-state index contributed by atoms with van der Waals surface area (Å²) in [5.41, 5.74) is 1.04. The van der Waals surface area contributed by atoms with E-state index in [-0.39, 0.29) is 5.56 Å². The van der Waals surface area contributed by atoms with Crippen molar-refractivity contribution in [2.75, 3.05) is 0 Å². The smallest absolute Gasteiger partial charge is 0.281 e. The van der Waals surface area contributed by atoms with Crippen LogP contribution >= 0.6 is 15.9 Å². The Morgan fingerprint density at radius 1 is 1.50 bits per heavy atom. The summed E-state index contributed by atoms with van der Waals surface area (Å²) in [7, 11) is 0. The lowest BCUT2D eigenvalue weighted by Crippen LogP contribution is -2.17. The van der Waals surface area contributed by atoms with Gasteiger partial charge in [0.25, 0.3) is 5.56 Å². The van der Waals surface area contributed by atoms with Gasteiger partial charge in [-0.05, 0) is 34.7 Å². The van der Waals surface area contributed by atoms with Gasteiger partial charge < -0.3 is 0 Å². The van der Waals surface area contributed by atoms with Crippen molar-refractivity contribution in [2.45, 2.75) is 40.2 Å². The van der Waals surface area contributed by atoms with E-state index in [1.165, 1.54) is 0 Å². The summed E-state index contributed by atoms with van der Waals surface area (Å²) < 4.78 is 2.37. The van der Waals surface area contributed by atoms with Gasteiger partial charge in [0.05, 0.1) is 5.69 Å². The zero-order chi connectivity index (χ0) is 10.7. The Morgan fingerprint density at radius 3 is 2.57 bits per heavy atom. The normalized spacial score (nSPS) is 11.2. The molecule has 0 aliphatic carbocycles. The number of aromatic nitrogens is 2. The second kappa shape index (κ2) is 4.82. The van der Waals surface area contributed by atoms with E-state index in [4.69, 9.17) is 0 Å². The first-order chi connectivity index (χ1) is 6.56. The van der Waals surface area contributed by atoms with Crippen molar-refractivity contribution in [3.05, 3.63) is 20.5 Å². The van der Waals surface area contributed by atoms with Crippen LogP contribution < -0.4 is 5.56 Å². The van der Waals surface area contributed by atoms with Crippen LogP contribution in [0.5, 0.6) is 0 Å². The predicted molar refractivity (Wildman–Crippen MR) is 61.6 cm³/mol. The van der Waals surface area contributed by atoms with E-state index in [1.54, 1.807) is 4.68 Å². The van der Waals surface area contributed by atoms with Gasteiger partial charge >= 0.3 is 0 Å².